The first-order valence-electron chi connectivity index (χ1n) is 13.5. The number of amides is 1. The minimum Gasteiger partial charge on any atom is -0.387 e. The maximum Gasteiger partial charge on any atom is 0.267 e. The zero-order valence-corrected chi connectivity index (χ0v) is 23.2. The maximum absolute atomic E-state index is 12.3. The lowest BCUT2D eigenvalue weighted by atomic mass is 10.1. The fourth-order valence-corrected chi connectivity index (χ4v) is 4.19. The minimum atomic E-state index is -4.35. The van der Waals surface area contributed by atoms with Crippen LogP contribution in [0.2, 0.25) is 0 Å². The Hall–Kier alpha value is -1.96. The van der Waals surface area contributed by atoms with E-state index in [0.29, 0.717) is 6.42 Å². The summed E-state index contributed by atoms with van der Waals surface area (Å²) < 4.78 is 31.9. The van der Waals surface area contributed by atoms with Gasteiger partial charge < -0.3 is 10.4 Å². The van der Waals surface area contributed by atoms with Crippen LogP contribution >= 0.6 is 0 Å². The lowest BCUT2D eigenvalue weighted by Gasteiger charge is -2.20. The predicted octanol–water partition coefficient (Wildman–Crippen LogP) is 6.61. The highest BCUT2D eigenvalue weighted by Gasteiger charge is 2.24. The molecule has 3 N–H and O–H groups in total. The molecule has 0 aromatic rings. The summed E-state index contributed by atoms with van der Waals surface area (Å²) in [6, 6.07) is -1.09. The molecule has 0 rings (SSSR count). The van der Waals surface area contributed by atoms with Crippen LogP contribution in [0.4, 0.5) is 0 Å². The SMILES string of the molecule is CC/C=C\C/C=C\C/C=C\C/C=C\CCC(=O)NC(CS(=O)(=O)O)C(O)/C=C/CCCCCCCC. The molecule has 0 aromatic carbocycles. The molecule has 2 unspecified atom stereocenters. The molecule has 0 heterocycles. The third kappa shape index (κ3) is 23.8. The molecule has 0 spiro atoms. The molecule has 1 amide bonds. The van der Waals surface area contributed by atoms with Crippen molar-refractivity contribution < 1.29 is 22.9 Å². The number of unbranched alkanes of at least 4 members (excludes halogenated alkanes) is 6. The molecule has 0 saturated carbocycles. The van der Waals surface area contributed by atoms with Crippen molar-refractivity contribution >= 4 is 16.0 Å². The van der Waals surface area contributed by atoms with Gasteiger partial charge in [-0.25, -0.2) is 0 Å². The molecule has 0 saturated heterocycles. The Morgan fingerprint density at radius 1 is 0.778 bits per heavy atom. The van der Waals surface area contributed by atoms with Crippen LogP contribution in [0.5, 0.6) is 0 Å². The number of aliphatic hydroxyl groups is 1. The van der Waals surface area contributed by atoms with Gasteiger partial charge in [0.05, 0.1) is 17.9 Å². The monoisotopic (exact) mass is 523 g/mol. The second-order valence-corrected chi connectivity index (χ2v) is 10.4. The van der Waals surface area contributed by atoms with E-state index >= 15 is 0 Å². The number of carbonyl (C=O) groups excluding carboxylic acids is 1. The van der Waals surface area contributed by atoms with Gasteiger partial charge in [-0.2, -0.15) is 8.42 Å². The summed E-state index contributed by atoms with van der Waals surface area (Å²) in [7, 11) is -4.35. The molecule has 0 aliphatic carbocycles. The van der Waals surface area contributed by atoms with E-state index in [-0.39, 0.29) is 12.3 Å². The number of rotatable bonds is 22. The van der Waals surface area contributed by atoms with Crippen LogP contribution in [-0.2, 0) is 14.9 Å². The van der Waals surface area contributed by atoms with Crippen molar-refractivity contribution in [1.29, 1.82) is 0 Å². The van der Waals surface area contributed by atoms with E-state index in [1.807, 2.05) is 18.2 Å². The highest BCUT2D eigenvalue weighted by molar-refractivity contribution is 7.85. The van der Waals surface area contributed by atoms with Gasteiger partial charge in [-0.15, -0.1) is 0 Å². The summed E-state index contributed by atoms with van der Waals surface area (Å²) in [4.78, 5) is 12.3. The minimum absolute atomic E-state index is 0.171. The first kappa shape index (κ1) is 34.0. The van der Waals surface area contributed by atoms with E-state index in [1.54, 1.807) is 0 Å². The van der Waals surface area contributed by atoms with Crippen LogP contribution in [-0.4, -0.2) is 41.9 Å². The average molecular weight is 524 g/mol. The normalized spacial score (nSPS) is 14.7. The smallest absolute Gasteiger partial charge is 0.267 e. The molecule has 0 fully saturated rings. The third-order valence-electron chi connectivity index (χ3n) is 5.46. The summed E-state index contributed by atoms with van der Waals surface area (Å²) in [6.07, 6.45) is 30.9. The van der Waals surface area contributed by atoms with Crippen molar-refractivity contribution in [2.24, 2.45) is 0 Å². The molecule has 206 valence electrons. The van der Waals surface area contributed by atoms with Crippen molar-refractivity contribution in [2.45, 2.75) is 109 Å². The van der Waals surface area contributed by atoms with Crippen molar-refractivity contribution in [2.75, 3.05) is 5.75 Å². The fourth-order valence-electron chi connectivity index (χ4n) is 3.46. The second-order valence-electron chi connectivity index (χ2n) is 8.94. The zero-order chi connectivity index (χ0) is 26.9. The van der Waals surface area contributed by atoms with Gasteiger partial charge in [0.15, 0.2) is 0 Å². The fraction of sp³-hybridized carbons (Fsp3) is 0.621. The number of carbonyl (C=O) groups is 1. The summed E-state index contributed by atoms with van der Waals surface area (Å²) in [6.45, 7) is 4.29. The molecular formula is C29H49NO5S. The number of hydrogen-bond acceptors (Lipinski definition) is 4. The molecule has 0 radical (unpaired) electrons. The molecular weight excluding hydrogens is 474 g/mol. The third-order valence-corrected chi connectivity index (χ3v) is 6.24. The number of hydrogen-bond donors (Lipinski definition) is 3. The molecule has 7 heteroatoms. The number of nitrogens with one attached hydrogen (secondary N) is 1. The van der Waals surface area contributed by atoms with Crippen molar-refractivity contribution in [1.82, 2.24) is 5.32 Å². The number of aliphatic hydroxyl groups excluding tert-OH is 1. The lowest BCUT2D eigenvalue weighted by molar-refractivity contribution is -0.122. The summed E-state index contributed by atoms with van der Waals surface area (Å²) in [5.41, 5.74) is 0. The summed E-state index contributed by atoms with van der Waals surface area (Å²) in [5, 5.41) is 12.9. The van der Waals surface area contributed by atoms with Gasteiger partial charge in [0.25, 0.3) is 10.1 Å². The van der Waals surface area contributed by atoms with Crippen LogP contribution in [0.1, 0.15) is 97.3 Å². The molecule has 2 atom stereocenters. The molecule has 36 heavy (non-hydrogen) atoms. The molecule has 0 aromatic heterocycles. The topological polar surface area (TPSA) is 104 Å². The van der Waals surface area contributed by atoms with Gasteiger partial charge >= 0.3 is 0 Å². The molecule has 0 aliphatic heterocycles. The molecule has 0 aliphatic rings. The maximum atomic E-state index is 12.3. The summed E-state index contributed by atoms with van der Waals surface area (Å²) in [5.74, 6) is -1.10. The van der Waals surface area contributed by atoms with Gasteiger partial charge in [-0.3, -0.25) is 9.35 Å². The van der Waals surface area contributed by atoms with Crippen LogP contribution in [0.25, 0.3) is 0 Å². The number of allylic oxidation sites excluding steroid dienone is 9. The highest BCUT2D eigenvalue weighted by Crippen LogP contribution is 2.09. The second kappa shape index (κ2) is 23.4. The van der Waals surface area contributed by atoms with Crippen molar-refractivity contribution in [3.05, 3.63) is 60.8 Å². The molecule has 0 bridgehead atoms. The Morgan fingerprint density at radius 3 is 1.92 bits per heavy atom. The van der Waals surface area contributed by atoms with E-state index in [4.69, 9.17) is 0 Å². The van der Waals surface area contributed by atoms with Gasteiger partial charge in [0, 0.05) is 6.42 Å². The Labute approximate surface area is 220 Å². The lowest BCUT2D eigenvalue weighted by Crippen LogP contribution is -2.46. The average Bonchev–Trinajstić information content (AvgIpc) is 2.82. The predicted molar refractivity (Wildman–Crippen MR) is 151 cm³/mol. The van der Waals surface area contributed by atoms with Crippen molar-refractivity contribution in [3.8, 4) is 0 Å². The van der Waals surface area contributed by atoms with E-state index in [0.717, 1.165) is 44.9 Å². The van der Waals surface area contributed by atoms with Gasteiger partial charge in [-0.1, -0.05) is 107 Å². The van der Waals surface area contributed by atoms with Crippen LogP contribution in [0, 0.1) is 0 Å². The van der Waals surface area contributed by atoms with Gasteiger partial charge in [0.2, 0.25) is 5.91 Å². The Kier molecular flexibility index (Phi) is 22.2. The highest BCUT2D eigenvalue weighted by atomic mass is 32.2. The van der Waals surface area contributed by atoms with Crippen molar-refractivity contribution in [3.63, 3.8) is 0 Å². The zero-order valence-electron chi connectivity index (χ0n) is 22.4. The van der Waals surface area contributed by atoms with E-state index in [9.17, 15) is 22.9 Å². The first-order chi connectivity index (χ1) is 17.3. The van der Waals surface area contributed by atoms with Crippen LogP contribution < -0.4 is 5.32 Å². The Morgan fingerprint density at radius 2 is 1.33 bits per heavy atom. The van der Waals surface area contributed by atoms with E-state index in [1.165, 1.54) is 31.8 Å². The van der Waals surface area contributed by atoms with Gasteiger partial charge in [0.1, 0.15) is 0 Å². The molecule has 6 nitrogen and oxygen atoms in total. The first-order valence-corrected chi connectivity index (χ1v) is 15.1. The quantitative estimate of drug-likeness (QED) is 0.0841. The van der Waals surface area contributed by atoms with Gasteiger partial charge in [-0.05, 0) is 44.9 Å². The Balaban J connectivity index is 4.34. The standard InChI is InChI=1S/C29H49NO5S/c1-3-5-7-9-11-13-14-15-16-17-19-21-23-25-29(32)30-27(26-36(33,34)35)28(31)24-22-20-18-12-10-8-6-4-2/h5,7,11,13,15-16,19,21-22,24,27-28,31H,3-4,6,8-10,12,14,17-18,20,23,25-26H2,1-2H3,(H,30,32)(H,33,34,35)/b7-5-,13-11-,16-15-,21-19-,24-22+. The van der Waals surface area contributed by atoms with Crippen LogP contribution in [0.15, 0.2) is 60.8 Å². The largest absolute Gasteiger partial charge is 0.387 e. The van der Waals surface area contributed by atoms with E-state index < -0.39 is 28.0 Å². The van der Waals surface area contributed by atoms with Crippen LogP contribution in [0.3, 0.4) is 0 Å². The van der Waals surface area contributed by atoms with E-state index in [2.05, 4.69) is 55.6 Å². The Bertz CT molecular complexity index is 796. The summed E-state index contributed by atoms with van der Waals surface area (Å²) >= 11 is 0.